The van der Waals surface area contributed by atoms with E-state index in [2.05, 4.69) is 11.4 Å². The van der Waals surface area contributed by atoms with Crippen LogP contribution >= 0.6 is 0 Å². The molecule has 0 bridgehead atoms. The number of carbonyl (C=O) groups is 3. The van der Waals surface area contributed by atoms with Gasteiger partial charge < -0.3 is 15.0 Å². The van der Waals surface area contributed by atoms with Gasteiger partial charge in [0, 0.05) is 25.8 Å². The molecule has 134 valence electrons. The fourth-order valence-electron chi connectivity index (χ4n) is 3.22. The summed E-state index contributed by atoms with van der Waals surface area (Å²) in [6.45, 7) is 0.914. The predicted molar refractivity (Wildman–Crippen MR) is 91.0 cm³/mol. The third kappa shape index (κ3) is 3.82. The van der Waals surface area contributed by atoms with Crippen LogP contribution in [0.2, 0.25) is 0 Å². The molecule has 7 nitrogen and oxygen atoms in total. The molecule has 1 aromatic rings. The Hall–Kier alpha value is -2.41. The molecule has 1 atom stereocenters. The van der Waals surface area contributed by atoms with Crippen molar-refractivity contribution < 1.29 is 19.1 Å². The van der Waals surface area contributed by atoms with Gasteiger partial charge in [-0.25, -0.2) is 0 Å². The van der Waals surface area contributed by atoms with Gasteiger partial charge in [-0.2, -0.15) is 0 Å². The Labute approximate surface area is 146 Å². The third-order valence-corrected chi connectivity index (χ3v) is 4.67. The Balaban J connectivity index is 1.61. The van der Waals surface area contributed by atoms with E-state index in [4.69, 9.17) is 4.74 Å². The number of imide groups is 1. The van der Waals surface area contributed by atoms with E-state index in [9.17, 15) is 14.4 Å². The number of benzene rings is 1. The summed E-state index contributed by atoms with van der Waals surface area (Å²) >= 11 is 0. The minimum absolute atomic E-state index is 0.000156. The van der Waals surface area contributed by atoms with Crippen molar-refractivity contribution in [2.75, 3.05) is 33.8 Å². The maximum Gasteiger partial charge on any atom is 0.240 e. The summed E-state index contributed by atoms with van der Waals surface area (Å²) in [6, 6.07) is 6.10. The van der Waals surface area contributed by atoms with Gasteiger partial charge in [-0.3, -0.25) is 19.3 Å². The Morgan fingerprint density at radius 2 is 1.96 bits per heavy atom. The predicted octanol–water partition coefficient (Wildman–Crippen LogP) is 0.489. The molecule has 1 saturated heterocycles. The molecule has 3 rings (SSSR count). The number of carbonyl (C=O) groups excluding carboxylic acids is 3. The van der Waals surface area contributed by atoms with E-state index in [0.717, 1.165) is 22.6 Å². The van der Waals surface area contributed by atoms with E-state index < -0.39 is 0 Å². The van der Waals surface area contributed by atoms with Crippen molar-refractivity contribution in [2.24, 2.45) is 0 Å². The van der Waals surface area contributed by atoms with Crippen LogP contribution in [0.5, 0.6) is 5.75 Å². The molecule has 1 aromatic carbocycles. The van der Waals surface area contributed by atoms with Gasteiger partial charge in [0.25, 0.3) is 0 Å². The van der Waals surface area contributed by atoms with E-state index in [1.807, 2.05) is 31.1 Å². The van der Waals surface area contributed by atoms with Crippen LogP contribution < -0.4 is 10.1 Å². The second-order valence-corrected chi connectivity index (χ2v) is 6.62. The van der Waals surface area contributed by atoms with E-state index in [0.29, 0.717) is 13.2 Å². The van der Waals surface area contributed by atoms with Crippen LogP contribution in [0.1, 0.15) is 30.0 Å². The van der Waals surface area contributed by atoms with Gasteiger partial charge in [-0.05, 0) is 31.3 Å². The first-order chi connectivity index (χ1) is 12.0. The van der Waals surface area contributed by atoms with Gasteiger partial charge in [0.2, 0.25) is 17.7 Å². The van der Waals surface area contributed by atoms with E-state index in [-0.39, 0.29) is 43.1 Å². The number of rotatable bonds is 6. The zero-order chi connectivity index (χ0) is 18.0. The second-order valence-electron chi connectivity index (χ2n) is 6.62. The van der Waals surface area contributed by atoms with Crippen LogP contribution in [0, 0.1) is 0 Å². The number of fused-ring (bicyclic) bond motifs is 1. The maximum atomic E-state index is 12.1. The minimum Gasteiger partial charge on any atom is -0.493 e. The monoisotopic (exact) mass is 345 g/mol. The average Bonchev–Trinajstić information content (AvgIpc) is 3.16. The summed E-state index contributed by atoms with van der Waals surface area (Å²) in [7, 11) is 3.90. The number of ether oxygens (including phenoxy) is 1. The van der Waals surface area contributed by atoms with Crippen LogP contribution in [0.15, 0.2) is 18.2 Å². The second kappa shape index (κ2) is 7.23. The lowest BCUT2D eigenvalue weighted by Gasteiger charge is -2.26. The molecular weight excluding hydrogens is 322 g/mol. The lowest BCUT2D eigenvalue weighted by Crippen LogP contribution is -2.42. The van der Waals surface area contributed by atoms with Crippen molar-refractivity contribution in [3.63, 3.8) is 0 Å². The van der Waals surface area contributed by atoms with Crippen LogP contribution in [0.25, 0.3) is 0 Å². The molecule has 1 unspecified atom stereocenters. The van der Waals surface area contributed by atoms with E-state index >= 15 is 0 Å². The maximum absolute atomic E-state index is 12.1. The number of likely N-dealkylation sites (N-methyl/N-ethyl adjacent to an activating group) is 1. The average molecular weight is 345 g/mol. The molecule has 0 aliphatic carbocycles. The van der Waals surface area contributed by atoms with Crippen molar-refractivity contribution in [3.8, 4) is 5.75 Å². The molecule has 2 aliphatic rings. The summed E-state index contributed by atoms with van der Waals surface area (Å²) in [5.41, 5.74) is 2.28. The SMILES string of the molecule is CN(C)C(CNC(=O)CN1C(=O)CCC1=O)c1ccc2c(c1)CCO2. The molecule has 1 fully saturated rings. The largest absolute Gasteiger partial charge is 0.493 e. The van der Waals surface area contributed by atoms with Crippen LogP contribution in [-0.2, 0) is 20.8 Å². The highest BCUT2D eigenvalue weighted by Gasteiger charge is 2.30. The van der Waals surface area contributed by atoms with Crippen molar-refractivity contribution in [2.45, 2.75) is 25.3 Å². The Morgan fingerprint density at radius 3 is 2.64 bits per heavy atom. The highest BCUT2D eigenvalue weighted by Crippen LogP contribution is 2.29. The van der Waals surface area contributed by atoms with Gasteiger partial charge in [0.15, 0.2) is 0 Å². The van der Waals surface area contributed by atoms with Crippen molar-refractivity contribution in [3.05, 3.63) is 29.3 Å². The molecule has 0 aromatic heterocycles. The number of likely N-dealkylation sites (tertiary alicyclic amines) is 1. The Morgan fingerprint density at radius 1 is 1.24 bits per heavy atom. The lowest BCUT2D eigenvalue weighted by atomic mass is 10.0. The summed E-state index contributed by atoms with van der Waals surface area (Å²) in [4.78, 5) is 38.4. The lowest BCUT2D eigenvalue weighted by molar-refractivity contribution is -0.142. The molecule has 3 amide bonds. The molecule has 0 radical (unpaired) electrons. The van der Waals surface area contributed by atoms with Crippen LogP contribution in [-0.4, -0.2) is 61.3 Å². The van der Waals surface area contributed by atoms with Gasteiger partial charge in [0.05, 0.1) is 12.6 Å². The van der Waals surface area contributed by atoms with Gasteiger partial charge in [-0.15, -0.1) is 0 Å². The third-order valence-electron chi connectivity index (χ3n) is 4.67. The Kier molecular flexibility index (Phi) is 5.03. The zero-order valence-electron chi connectivity index (χ0n) is 14.6. The number of hydrogen-bond donors (Lipinski definition) is 1. The fourth-order valence-corrected chi connectivity index (χ4v) is 3.22. The van der Waals surface area contributed by atoms with Crippen LogP contribution in [0.3, 0.4) is 0 Å². The van der Waals surface area contributed by atoms with Crippen LogP contribution in [0.4, 0.5) is 0 Å². The highest BCUT2D eigenvalue weighted by molar-refractivity contribution is 6.04. The highest BCUT2D eigenvalue weighted by atomic mass is 16.5. The summed E-state index contributed by atoms with van der Waals surface area (Å²) in [6.07, 6.45) is 1.29. The summed E-state index contributed by atoms with van der Waals surface area (Å²) in [5.74, 6) is 0.0576. The molecular formula is C18H23N3O4. The molecule has 7 heteroatoms. The number of nitrogens with one attached hydrogen (secondary N) is 1. The van der Waals surface area contributed by atoms with Crippen molar-refractivity contribution >= 4 is 17.7 Å². The number of amides is 3. The molecule has 0 spiro atoms. The van der Waals surface area contributed by atoms with E-state index in [1.165, 1.54) is 5.56 Å². The molecule has 25 heavy (non-hydrogen) atoms. The smallest absolute Gasteiger partial charge is 0.240 e. The number of hydrogen-bond acceptors (Lipinski definition) is 5. The van der Waals surface area contributed by atoms with Gasteiger partial charge in [-0.1, -0.05) is 12.1 Å². The zero-order valence-corrected chi connectivity index (χ0v) is 14.6. The molecule has 2 aliphatic heterocycles. The number of nitrogens with zero attached hydrogens (tertiary/aromatic N) is 2. The van der Waals surface area contributed by atoms with Gasteiger partial charge in [0.1, 0.15) is 12.3 Å². The molecule has 2 heterocycles. The molecule has 1 N–H and O–H groups in total. The fraction of sp³-hybridized carbons (Fsp3) is 0.500. The first-order valence-corrected chi connectivity index (χ1v) is 8.47. The normalized spacial score (nSPS) is 17.6. The first kappa shape index (κ1) is 17.4. The van der Waals surface area contributed by atoms with Crippen molar-refractivity contribution in [1.29, 1.82) is 0 Å². The standard InChI is InChI=1S/C18H23N3O4/c1-20(2)14(12-3-4-15-13(9-12)7-8-25-15)10-19-16(22)11-21-17(23)5-6-18(21)24/h3-4,9,14H,5-8,10-11H2,1-2H3,(H,19,22). The quantitative estimate of drug-likeness (QED) is 0.759. The summed E-state index contributed by atoms with van der Waals surface area (Å²) in [5, 5.41) is 2.84. The topological polar surface area (TPSA) is 79.0 Å². The Bertz CT molecular complexity index is 686. The minimum atomic E-state index is -0.319. The van der Waals surface area contributed by atoms with E-state index in [1.54, 1.807) is 0 Å². The van der Waals surface area contributed by atoms with Crippen molar-refractivity contribution in [1.82, 2.24) is 15.1 Å². The molecule has 0 saturated carbocycles. The van der Waals surface area contributed by atoms with Gasteiger partial charge >= 0.3 is 0 Å². The first-order valence-electron chi connectivity index (χ1n) is 8.47. The summed E-state index contributed by atoms with van der Waals surface area (Å²) < 4.78 is 5.53.